The van der Waals surface area contributed by atoms with E-state index in [2.05, 4.69) is 19.9 Å². The van der Waals surface area contributed by atoms with Crippen molar-refractivity contribution in [2.75, 3.05) is 18.5 Å². The van der Waals surface area contributed by atoms with Gasteiger partial charge in [-0.25, -0.2) is 4.79 Å². The maximum atomic E-state index is 12.4. The molecule has 0 bridgehead atoms. The number of anilines is 1. The molecule has 0 fully saturated rings. The summed E-state index contributed by atoms with van der Waals surface area (Å²) in [5, 5.41) is 0. The Labute approximate surface area is 116 Å². The monoisotopic (exact) mass is 260 g/mol. The average Bonchev–Trinajstić information content (AvgIpc) is 2.43. The number of urea groups is 1. The molecule has 0 aliphatic carbocycles. The highest BCUT2D eigenvalue weighted by Crippen LogP contribution is 2.28. The van der Waals surface area contributed by atoms with E-state index in [0.29, 0.717) is 5.92 Å². The second-order valence-corrected chi connectivity index (χ2v) is 5.41. The molecule has 1 unspecified atom stereocenters. The number of fused-ring (bicyclic) bond motifs is 1. The first-order valence-electron chi connectivity index (χ1n) is 7.27. The van der Waals surface area contributed by atoms with Crippen LogP contribution in [0.4, 0.5) is 10.5 Å². The number of nitrogens with zero attached hydrogens (tertiary/aromatic N) is 2. The SMILES string of the molecule is CCCC(CC)CN1Cc2ccccc2N(C)C1=O. The third-order valence-corrected chi connectivity index (χ3v) is 4.02. The lowest BCUT2D eigenvalue weighted by atomic mass is 9.99. The highest BCUT2D eigenvalue weighted by atomic mass is 16.2. The molecule has 3 heteroatoms. The highest BCUT2D eigenvalue weighted by molar-refractivity contribution is 5.94. The van der Waals surface area contributed by atoms with Gasteiger partial charge in [-0.1, -0.05) is 44.9 Å². The molecule has 3 nitrogen and oxygen atoms in total. The molecule has 0 radical (unpaired) electrons. The number of amides is 2. The summed E-state index contributed by atoms with van der Waals surface area (Å²) in [7, 11) is 1.87. The smallest absolute Gasteiger partial charge is 0.320 e. The molecular formula is C16H24N2O. The van der Waals surface area contributed by atoms with E-state index in [1.165, 1.54) is 18.4 Å². The minimum atomic E-state index is 0.133. The van der Waals surface area contributed by atoms with Crippen LogP contribution < -0.4 is 4.90 Å². The van der Waals surface area contributed by atoms with Gasteiger partial charge in [0.2, 0.25) is 0 Å². The van der Waals surface area contributed by atoms with Crippen LogP contribution in [0, 0.1) is 5.92 Å². The molecule has 0 spiro atoms. The van der Waals surface area contributed by atoms with E-state index in [1.54, 1.807) is 4.90 Å². The van der Waals surface area contributed by atoms with Crippen molar-refractivity contribution in [1.29, 1.82) is 0 Å². The van der Waals surface area contributed by atoms with E-state index in [1.807, 2.05) is 30.1 Å². The summed E-state index contributed by atoms with van der Waals surface area (Å²) < 4.78 is 0. The molecule has 1 aromatic rings. The van der Waals surface area contributed by atoms with Crippen molar-refractivity contribution >= 4 is 11.7 Å². The van der Waals surface area contributed by atoms with Crippen LogP contribution in [0.15, 0.2) is 24.3 Å². The molecule has 0 saturated heterocycles. The Morgan fingerprint density at radius 2 is 2.00 bits per heavy atom. The third kappa shape index (κ3) is 2.91. The van der Waals surface area contributed by atoms with Crippen molar-refractivity contribution in [3.05, 3.63) is 29.8 Å². The second-order valence-electron chi connectivity index (χ2n) is 5.41. The topological polar surface area (TPSA) is 23.6 Å². The maximum absolute atomic E-state index is 12.4. The Balaban J connectivity index is 2.14. The number of carbonyl (C=O) groups excluding carboxylic acids is 1. The Morgan fingerprint density at radius 3 is 2.68 bits per heavy atom. The fourth-order valence-corrected chi connectivity index (χ4v) is 2.85. The van der Waals surface area contributed by atoms with E-state index in [-0.39, 0.29) is 6.03 Å². The molecule has 0 saturated carbocycles. The largest absolute Gasteiger partial charge is 0.324 e. The van der Waals surface area contributed by atoms with Crippen LogP contribution in [0.25, 0.3) is 0 Å². The van der Waals surface area contributed by atoms with Crippen LogP contribution in [0.5, 0.6) is 0 Å². The fraction of sp³-hybridized carbons (Fsp3) is 0.562. The zero-order valence-electron chi connectivity index (χ0n) is 12.2. The molecule has 1 heterocycles. The lowest BCUT2D eigenvalue weighted by molar-refractivity contribution is 0.185. The summed E-state index contributed by atoms with van der Waals surface area (Å²) in [6.07, 6.45) is 3.53. The second kappa shape index (κ2) is 6.09. The minimum absolute atomic E-state index is 0.133. The van der Waals surface area contributed by atoms with Crippen LogP contribution in [0.3, 0.4) is 0 Å². The predicted octanol–water partition coefficient (Wildman–Crippen LogP) is 3.88. The summed E-state index contributed by atoms with van der Waals surface area (Å²) in [5.74, 6) is 0.618. The summed E-state index contributed by atoms with van der Waals surface area (Å²) in [6, 6.07) is 8.31. The van der Waals surface area contributed by atoms with Gasteiger partial charge in [-0.2, -0.15) is 0 Å². The molecule has 1 aliphatic heterocycles. The standard InChI is InChI=1S/C16H24N2O/c1-4-8-13(5-2)11-18-12-14-9-6-7-10-15(14)17(3)16(18)19/h6-7,9-10,13H,4-5,8,11-12H2,1-3H3. The molecule has 2 rings (SSSR count). The molecule has 0 N–H and O–H groups in total. The van der Waals surface area contributed by atoms with Crippen LogP contribution in [0.2, 0.25) is 0 Å². The maximum Gasteiger partial charge on any atom is 0.324 e. The molecule has 1 aromatic carbocycles. The summed E-state index contributed by atoms with van der Waals surface area (Å²) in [4.78, 5) is 16.2. The van der Waals surface area contributed by atoms with Crippen molar-refractivity contribution in [3.63, 3.8) is 0 Å². The number of hydrogen-bond donors (Lipinski definition) is 0. The third-order valence-electron chi connectivity index (χ3n) is 4.02. The van der Waals surface area contributed by atoms with E-state index >= 15 is 0 Å². The first kappa shape index (κ1) is 13.9. The lowest BCUT2D eigenvalue weighted by Crippen LogP contribution is -2.46. The van der Waals surface area contributed by atoms with Crippen molar-refractivity contribution in [3.8, 4) is 0 Å². The number of carbonyl (C=O) groups is 1. The van der Waals surface area contributed by atoms with Gasteiger partial charge in [-0.15, -0.1) is 0 Å². The number of hydrogen-bond acceptors (Lipinski definition) is 1. The minimum Gasteiger partial charge on any atom is -0.320 e. The summed E-state index contributed by atoms with van der Waals surface area (Å²) in [6.45, 7) is 6.05. The number of rotatable bonds is 5. The van der Waals surface area contributed by atoms with Gasteiger partial charge in [0.25, 0.3) is 0 Å². The quantitative estimate of drug-likeness (QED) is 0.788. The molecule has 19 heavy (non-hydrogen) atoms. The van der Waals surface area contributed by atoms with Gasteiger partial charge in [-0.05, 0) is 24.0 Å². The van der Waals surface area contributed by atoms with Crippen LogP contribution >= 0.6 is 0 Å². The zero-order valence-corrected chi connectivity index (χ0v) is 12.2. The molecular weight excluding hydrogens is 236 g/mol. The number of para-hydroxylation sites is 1. The van der Waals surface area contributed by atoms with Crippen molar-refractivity contribution in [2.24, 2.45) is 5.92 Å². The van der Waals surface area contributed by atoms with Crippen LogP contribution in [0.1, 0.15) is 38.7 Å². The van der Waals surface area contributed by atoms with E-state index in [4.69, 9.17) is 0 Å². The van der Waals surface area contributed by atoms with Gasteiger partial charge in [0.05, 0.1) is 5.69 Å². The van der Waals surface area contributed by atoms with Gasteiger partial charge < -0.3 is 4.90 Å². The van der Waals surface area contributed by atoms with Crippen molar-refractivity contribution in [2.45, 2.75) is 39.7 Å². The average molecular weight is 260 g/mol. The Morgan fingerprint density at radius 1 is 1.26 bits per heavy atom. The van der Waals surface area contributed by atoms with Gasteiger partial charge in [0.15, 0.2) is 0 Å². The first-order chi connectivity index (χ1) is 9.17. The van der Waals surface area contributed by atoms with Crippen LogP contribution in [-0.2, 0) is 6.54 Å². The van der Waals surface area contributed by atoms with E-state index in [0.717, 1.165) is 25.2 Å². The van der Waals surface area contributed by atoms with Gasteiger partial charge in [-0.3, -0.25) is 4.90 Å². The molecule has 0 aromatic heterocycles. The number of benzene rings is 1. The van der Waals surface area contributed by atoms with E-state index in [9.17, 15) is 4.79 Å². The Kier molecular flexibility index (Phi) is 4.46. The summed E-state index contributed by atoms with van der Waals surface area (Å²) >= 11 is 0. The Bertz CT molecular complexity index is 444. The normalized spacial score (nSPS) is 16.5. The predicted molar refractivity (Wildman–Crippen MR) is 79.3 cm³/mol. The molecule has 1 atom stereocenters. The first-order valence-corrected chi connectivity index (χ1v) is 7.27. The lowest BCUT2D eigenvalue weighted by Gasteiger charge is -2.36. The zero-order chi connectivity index (χ0) is 13.8. The molecule has 1 aliphatic rings. The van der Waals surface area contributed by atoms with E-state index < -0.39 is 0 Å². The van der Waals surface area contributed by atoms with Crippen molar-refractivity contribution < 1.29 is 4.79 Å². The fourth-order valence-electron chi connectivity index (χ4n) is 2.85. The molecule has 104 valence electrons. The van der Waals surface area contributed by atoms with Crippen molar-refractivity contribution in [1.82, 2.24) is 4.90 Å². The van der Waals surface area contributed by atoms with Gasteiger partial charge in [0, 0.05) is 20.1 Å². The van der Waals surface area contributed by atoms with Gasteiger partial charge >= 0.3 is 6.03 Å². The van der Waals surface area contributed by atoms with Gasteiger partial charge in [0.1, 0.15) is 0 Å². The van der Waals surface area contributed by atoms with Crippen LogP contribution in [-0.4, -0.2) is 24.5 Å². The summed E-state index contributed by atoms with van der Waals surface area (Å²) in [5.41, 5.74) is 2.29. The highest BCUT2D eigenvalue weighted by Gasteiger charge is 2.28. The Hall–Kier alpha value is -1.51. The molecule has 2 amide bonds.